The number of hydrogen-bond acceptors (Lipinski definition) is 4. The van der Waals surface area contributed by atoms with Crippen molar-refractivity contribution >= 4 is 18.3 Å². The molecule has 2 aliphatic heterocycles. The van der Waals surface area contributed by atoms with Gasteiger partial charge < -0.3 is 19.6 Å². The lowest BCUT2D eigenvalue weighted by Gasteiger charge is -2.42. The van der Waals surface area contributed by atoms with E-state index in [0.717, 1.165) is 23.3 Å². The fraction of sp³-hybridized carbons (Fsp3) is 0.406. The maximum atomic E-state index is 14.4. The van der Waals surface area contributed by atoms with E-state index >= 15 is 0 Å². The smallest absolute Gasteiger partial charge is 0.385 e. The topological polar surface area (TPSA) is 53.0 Å². The van der Waals surface area contributed by atoms with Gasteiger partial charge >= 0.3 is 6.18 Å². The number of likely N-dealkylation sites (tertiary alicyclic amines) is 1. The first-order valence-corrected chi connectivity index (χ1v) is 13.8. The van der Waals surface area contributed by atoms with Crippen LogP contribution >= 0.6 is 12.4 Å². The van der Waals surface area contributed by atoms with Crippen LogP contribution in [0.15, 0.2) is 84.9 Å². The highest BCUT2D eigenvalue weighted by atomic mass is 35.5. The zero-order chi connectivity index (χ0) is 28.2. The second kappa shape index (κ2) is 12.9. The number of alkyl halides is 3. The van der Waals surface area contributed by atoms with Gasteiger partial charge in [-0.25, -0.2) is 0 Å². The first kappa shape index (κ1) is 31.0. The summed E-state index contributed by atoms with van der Waals surface area (Å²) in [6.07, 6.45) is -3.30. The number of rotatable bonds is 7. The summed E-state index contributed by atoms with van der Waals surface area (Å²) in [6, 6.07) is 24.7. The van der Waals surface area contributed by atoms with Gasteiger partial charge in [-0.05, 0) is 54.6 Å². The van der Waals surface area contributed by atoms with Gasteiger partial charge in [-0.2, -0.15) is 13.2 Å². The lowest BCUT2D eigenvalue weighted by Crippen LogP contribution is -2.53. The summed E-state index contributed by atoms with van der Waals surface area (Å²) < 4.78 is 45.4. The molecule has 0 unspecified atom stereocenters. The van der Waals surface area contributed by atoms with Gasteiger partial charge in [0, 0.05) is 26.2 Å². The number of carbonyl (C=O) groups excluding carboxylic acids is 1. The van der Waals surface area contributed by atoms with Crippen LogP contribution in [0.2, 0.25) is 0 Å². The second-order valence-corrected chi connectivity index (χ2v) is 10.7. The van der Waals surface area contributed by atoms with Crippen LogP contribution in [0, 0.1) is 0 Å². The fourth-order valence-corrected chi connectivity index (χ4v) is 6.04. The van der Waals surface area contributed by atoms with Crippen molar-refractivity contribution in [2.75, 3.05) is 45.9 Å². The zero-order valence-corrected chi connectivity index (χ0v) is 23.7. The molecule has 0 saturated carbocycles. The van der Waals surface area contributed by atoms with Crippen LogP contribution < -0.4 is 0 Å². The number of piperidine rings is 1. The van der Waals surface area contributed by atoms with Crippen LogP contribution in [0.25, 0.3) is 0 Å². The molecule has 41 heavy (non-hydrogen) atoms. The summed E-state index contributed by atoms with van der Waals surface area (Å²) in [6.45, 7) is 3.70. The molecule has 220 valence electrons. The van der Waals surface area contributed by atoms with Gasteiger partial charge in [0.25, 0.3) is 0 Å². The van der Waals surface area contributed by atoms with Crippen LogP contribution in [-0.4, -0.2) is 66.8 Å². The van der Waals surface area contributed by atoms with Crippen LogP contribution in [0.1, 0.15) is 41.5 Å². The SMILES string of the molecule is Cl.O=C(N1CCOCC1)C(CCN1CCC(O)(c2cccc(C(F)(F)F)c2)CC1)(c1ccccc1)c1ccccc1. The number of aliphatic hydroxyl groups is 1. The van der Waals surface area contributed by atoms with Gasteiger partial charge in [0.2, 0.25) is 5.91 Å². The van der Waals surface area contributed by atoms with E-state index in [4.69, 9.17) is 4.74 Å². The molecular formula is C32H36ClF3N2O3. The Hall–Kier alpha value is -2.91. The average Bonchev–Trinajstić information content (AvgIpc) is 2.99. The van der Waals surface area contributed by atoms with Crippen LogP contribution in [-0.2, 0) is 26.7 Å². The lowest BCUT2D eigenvalue weighted by molar-refractivity contribution is -0.140. The molecular weight excluding hydrogens is 553 g/mol. The Labute approximate surface area is 245 Å². The van der Waals surface area contributed by atoms with Gasteiger partial charge in [-0.3, -0.25) is 4.79 Å². The summed E-state index contributed by atoms with van der Waals surface area (Å²) in [7, 11) is 0. The summed E-state index contributed by atoms with van der Waals surface area (Å²) in [5, 5.41) is 11.3. The molecule has 5 rings (SSSR count). The highest BCUT2D eigenvalue weighted by molar-refractivity contribution is 5.92. The highest BCUT2D eigenvalue weighted by Crippen LogP contribution is 2.40. The van der Waals surface area contributed by atoms with Crippen molar-refractivity contribution in [3.05, 3.63) is 107 Å². The molecule has 1 N–H and O–H groups in total. The van der Waals surface area contributed by atoms with Gasteiger partial charge in [0.15, 0.2) is 0 Å². The zero-order valence-electron chi connectivity index (χ0n) is 22.9. The average molecular weight is 589 g/mol. The molecule has 2 saturated heterocycles. The van der Waals surface area contributed by atoms with Crippen molar-refractivity contribution in [3.8, 4) is 0 Å². The maximum absolute atomic E-state index is 14.4. The lowest BCUT2D eigenvalue weighted by atomic mass is 9.70. The third kappa shape index (κ3) is 6.61. The Morgan fingerprint density at radius 3 is 1.88 bits per heavy atom. The number of carbonyl (C=O) groups is 1. The van der Waals surface area contributed by atoms with Crippen molar-refractivity contribution in [1.29, 1.82) is 0 Å². The summed E-state index contributed by atoms with van der Waals surface area (Å²) in [5.41, 5.74) is -0.831. The second-order valence-electron chi connectivity index (χ2n) is 10.7. The number of morpholine rings is 1. The van der Waals surface area contributed by atoms with Gasteiger partial charge in [0.05, 0.1) is 24.4 Å². The van der Waals surface area contributed by atoms with Crippen molar-refractivity contribution in [1.82, 2.24) is 9.80 Å². The predicted molar refractivity (Wildman–Crippen MR) is 154 cm³/mol. The number of benzene rings is 3. The van der Waals surface area contributed by atoms with Crippen molar-refractivity contribution < 1.29 is 27.8 Å². The Kier molecular flexibility index (Phi) is 9.80. The first-order valence-electron chi connectivity index (χ1n) is 13.8. The third-order valence-corrected chi connectivity index (χ3v) is 8.41. The molecule has 9 heteroatoms. The molecule has 0 atom stereocenters. The van der Waals surface area contributed by atoms with E-state index in [9.17, 15) is 23.1 Å². The molecule has 0 bridgehead atoms. The van der Waals surface area contributed by atoms with Crippen molar-refractivity contribution in [3.63, 3.8) is 0 Å². The van der Waals surface area contributed by atoms with Crippen LogP contribution in [0.4, 0.5) is 13.2 Å². The Morgan fingerprint density at radius 1 is 0.805 bits per heavy atom. The molecule has 0 aliphatic carbocycles. The van der Waals surface area contributed by atoms with Gasteiger partial charge in [0.1, 0.15) is 5.41 Å². The number of amides is 1. The minimum absolute atomic E-state index is 0. The fourth-order valence-electron chi connectivity index (χ4n) is 6.04. The predicted octanol–water partition coefficient (Wildman–Crippen LogP) is 5.65. The molecule has 1 amide bonds. The van der Waals surface area contributed by atoms with Crippen LogP contribution in [0.5, 0.6) is 0 Å². The molecule has 2 heterocycles. The minimum atomic E-state index is -4.46. The van der Waals surface area contributed by atoms with E-state index in [0.29, 0.717) is 70.8 Å². The molecule has 3 aromatic carbocycles. The largest absolute Gasteiger partial charge is 0.416 e. The first-order chi connectivity index (χ1) is 19.2. The van der Waals surface area contributed by atoms with E-state index in [1.54, 1.807) is 6.07 Å². The molecule has 0 radical (unpaired) electrons. The van der Waals surface area contributed by atoms with E-state index in [1.807, 2.05) is 65.6 Å². The number of halogens is 4. The molecule has 0 spiro atoms. The molecule has 3 aromatic rings. The molecule has 2 aliphatic rings. The van der Waals surface area contributed by atoms with E-state index in [2.05, 4.69) is 4.90 Å². The number of nitrogens with zero attached hydrogens (tertiary/aromatic N) is 2. The summed E-state index contributed by atoms with van der Waals surface area (Å²) >= 11 is 0. The minimum Gasteiger partial charge on any atom is -0.385 e. The van der Waals surface area contributed by atoms with Crippen molar-refractivity contribution in [2.24, 2.45) is 0 Å². The molecule has 5 nitrogen and oxygen atoms in total. The Morgan fingerprint density at radius 2 is 1.34 bits per heavy atom. The van der Waals surface area contributed by atoms with Gasteiger partial charge in [-0.1, -0.05) is 72.8 Å². The number of ether oxygens (including phenoxy) is 1. The molecule has 0 aromatic heterocycles. The third-order valence-electron chi connectivity index (χ3n) is 8.41. The summed E-state index contributed by atoms with van der Waals surface area (Å²) in [4.78, 5) is 18.5. The standard InChI is InChI=1S/C32H35F3N2O3.ClH/c33-32(34,35)28-13-7-12-27(24-28)30(39)14-17-36(18-15-30)19-16-31(25-8-3-1-4-9-25,26-10-5-2-6-11-26)29(38)37-20-22-40-23-21-37;/h1-13,24,39H,14-23H2;1H. The monoisotopic (exact) mass is 588 g/mol. The van der Waals surface area contributed by atoms with Crippen molar-refractivity contribution in [2.45, 2.75) is 36.5 Å². The number of hydrogen-bond donors (Lipinski definition) is 1. The Balaban J connectivity index is 0.00000387. The van der Waals surface area contributed by atoms with E-state index < -0.39 is 22.8 Å². The normalized spacial score (nSPS) is 18.0. The maximum Gasteiger partial charge on any atom is 0.416 e. The highest BCUT2D eigenvalue weighted by Gasteiger charge is 2.45. The van der Waals surface area contributed by atoms with Crippen LogP contribution in [0.3, 0.4) is 0 Å². The van der Waals surface area contributed by atoms with E-state index in [1.165, 1.54) is 6.07 Å². The summed E-state index contributed by atoms with van der Waals surface area (Å²) in [5.74, 6) is 0.0469. The Bertz CT molecular complexity index is 1240. The quantitative estimate of drug-likeness (QED) is 0.388. The molecule has 2 fully saturated rings. The van der Waals surface area contributed by atoms with Gasteiger partial charge in [-0.15, -0.1) is 12.4 Å². The van der Waals surface area contributed by atoms with E-state index in [-0.39, 0.29) is 18.3 Å².